The number of urea groups is 1. The number of ether oxygens (including phenoxy) is 2. The number of allylic oxidation sites excluding steroid dienone is 1. The van der Waals surface area contributed by atoms with Gasteiger partial charge < -0.3 is 19.7 Å². The third-order valence-corrected chi connectivity index (χ3v) is 11.7. The quantitative estimate of drug-likeness (QED) is 0.259. The second kappa shape index (κ2) is 15.9. The third-order valence-electron chi connectivity index (χ3n) is 8.66. The molecule has 2 saturated carbocycles. The number of anilines is 1. The van der Waals surface area contributed by atoms with Crippen molar-refractivity contribution in [1.82, 2.24) is 10.0 Å². The van der Waals surface area contributed by atoms with Gasteiger partial charge in [-0.15, -0.1) is 16.1 Å². The number of methoxy groups -OCH3 is 1. The Morgan fingerprint density at radius 3 is 2.72 bits per heavy atom. The molecule has 2 N–H and O–H groups in total. The largest absolute Gasteiger partial charge is 0.481 e. The van der Waals surface area contributed by atoms with E-state index in [0.717, 1.165) is 30.6 Å². The monoisotopic (exact) mass is 688 g/mol. The first-order chi connectivity index (χ1) is 22.1. The van der Waals surface area contributed by atoms with Gasteiger partial charge in [-0.05, 0) is 91.8 Å². The minimum atomic E-state index is -3.44. The van der Waals surface area contributed by atoms with E-state index in [2.05, 4.69) is 20.5 Å². The maximum atomic E-state index is 14.2. The summed E-state index contributed by atoms with van der Waals surface area (Å²) in [6.45, 7) is 2.53. The Morgan fingerprint density at radius 2 is 2.00 bits per heavy atom. The maximum Gasteiger partial charge on any atom is 0.327 e. The second-order valence-corrected chi connectivity index (χ2v) is 16.1. The molecule has 3 atom stereocenters. The summed E-state index contributed by atoms with van der Waals surface area (Å²) in [6.07, 6.45) is 11.0. The van der Waals surface area contributed by atoms with E-state index in [1.54, 1.807) is 37.1 Å². The van der Waals surface area contributed by atoms with Crippen molar-refractivity contribution in [2.24, 2.45) is 16.2 Å². The number of hydrogen-bond acceptors (Lipinski definition) is 7. The molecule has 2 aromatic carbocycles. The molecule has 0 spiro atoms. The van der Waals surface area contributed by atoms with Crippen molar-refractivity contribution in [3.8, 4) is 5.75 Å². The Balaban J connectivity index is 1.37. The highest BCUT2D eigenvalue weighted by molar-refractivity contribution is 7.99. The smallest absolute Gasteiger partial charge is 0.327 e. The first kappa shape index (κ1) is 34.6. The van der Waals surface area contributed by atoms with E-state index in [9.17, 15) is 13.8 Å². The first-order valence-electron chi connectivity index (χ1n) is 16.0. The van der Waals surface area contributed by atoms with Crippen LogP contribution < -0.4 is 19.7 Å². The van der Waals surface area contributed by atoms with Gasteiger partial charge in [0.15, 0.2) is 0 Å². The molecule has 250 valence electrons. The lowest BCUT2D eigenvalue weighted by molar-refractivity contribution is 0.0534. The summed E-state index contributed by atoms with van der Waals surface area (Å²) in [6, 6.07) is 10.6. The Labute approximate surface area is 282 Å². The molecule has 0 radical (unpaired) electrons. The van der Waals surface area contributed by atoms with Crippen molar-refractivity contribution >= 4 is 50.9 Å². The fourth-order valence-electron chi connectivity index (χ4n) is 5.71. The van der Waals surface area contributed by atoms with Crippen LogP contribution in [0, 0.1) is 11.8 Å². The Bertz CT molecular complexity index is 1550. The first-order valence-corrected chi connectivity index (χ1v) is 19.2. The highest BCUT2D eigenvalue weighted by Gasteiger charge is 2.27. The predicted octanol–water partition coefficient (Wildman–Crippen LogP) is 6.98. The molecule has 1 aliphatic heterocycles. The molecule has 2 aromatic rings. The van der Waals surface area contributed by atoms with Gasteiger partial charge in [-0.2, -0.15) is 0 Å². The molecule has 0 saturated heterocycles. The van der Waals surface area contributed by atoms with Crippen molar-refractivity contribution in [1.29, 1.82) is 0 Å². The number of amides is 3. The van der Waals surface area contributed by atoms with Gasteiger partial charge >= 0.3 is 6.03 Å². The minimum Gasteiger partial charge on any atom is -0.481 e. The lowest BCUT2D eigenvalue weighted by Crippen LogP contribution is -2.42. The van der Waals surface area contributed by atoms with E-state index in [4.69, 9.17) is 21.1 Å². The molecule has 12 heteroatoms. The standard InChI is InChI=1S/C34H45ClN4O5S2/c1-23(6-4-9-31(43-3)24-7-5-8-24)21-46(42,38-34(41)36-29-13-14-29)37-33(40)26-11-15-32-30(19-26)39(2)20-27-10-12-28(35)18-25(27)16-17-45-22-44-32/h4,9-12,15,18-19,23-24,29,31H,5-8,13-14,16-17,20-22H2,1-3H3,(H2,36,37,38,40,41,42)/b9-4+/t23-,31-,46?/m0/s1. The lowest BCUT2D eigenvalue weighted by atomic mass is 9.81. The molecule has 3 aliphatic rings. The average molecular weight is 689 g/mol. The summed E-state index contributed by atoms with van der Waals surface area (Å²) in [5.74, 6) is 1.80. The van der Waals surface area contributed by atoms with Gasteiger partial charge in [0, 0.05) is 43.1 Å². The molecule has 5 rings (SSSR count). The number of carbonyl (C=O) groups excluding carboxylic acids is 2. The van der Waals surface area contributed by atoms with E-state index in [-0.39, 0.29) is 29.4 Å². The maximum absolute atomic E-state index is 14.2. The van der Waals surface area contributed by atoms with Crippen LogP contribution in [0.25, 0.3) is 0 Å². The van der Waals surface area contributed by atoms with Crippen LogP contribution in [0.4, 0.5) is 10.5 Å². The van der Waals surface area contributed by atoms with Gasteiger partial charge in [0.05, 0.1) is 17.5 Å². The van der Waals surface area contributed by atoms with Crippen LogP contribution in [0.15, 0.2) is 52.9 Å². The Kier molecular flexibility index (Phi) is 12.0. The molecule has 9 nitrogen and oxygen atoms in total. The molecule has 2 aliphatic carbocycles. The summed E-state index contributed by atoms with van der Waals surface area (Å²) in [5, 5.41) is 3.51. The van der Waals surface area contributed by atoms with Gasteiger partial charge in [0.2, 0.25) is 0 Å². The number of nitrogens with one attached hydrogen (secondary N) is 2. The molecule has 3 amide bonds. The zero-order chi connectivity index (χ0) is 32.7. The van der Waals surface area contributed by atoms with Crippen LogP contribution in [-0.2, 0) is 27.6 Å². The molecule has 46 heavy (non-hydrogen) atoms. The number of carbonyl (C=O) groups is 2. The number of hydrogen-bond donors (Lipinski definition) is 2. The number of halogens is 1. The highest BCUT2D eigenvalue weighted by atomic mass is 35.5. The van der Waals surface area contributed by atoms with Crippen LogP contribution in [0.5, 0.6) is 5.75 Å². The van der Waals surface area contributed by atoms with Gasteiger partial charge in [0.1, 0.15) is 21.6 Å². The zero-order valence-electron chi connectivity index (χ0n) is 26.8. The predicted molar refractivity (Wildman–Crippen MR) is 187 cm³/mol. The van der Waals surface area contributed by atoms with E-state index >= 15 is 0 Å². The fraction of sp³-hybridized carbons (Fsp3) is 0.529. The van der Waals surface area contributed by atoms with E-state index in [0.29, 0.717) is 41.3 Å². The van der Waals surface area contributed by atoms with Crippen LogP contribution in [0.1, 0.15) is 66.9 Å². The summed E-state index contributed by atoms with van der Waals surface area (Å²) in [7, 11) is 0.229. The summed E-state index contributed by atoms with van der Waals surface area (Å²) >= 11 is 7.98. The van der Waals surface area contributed by atoms with E-state index in [1.807, 2.05) is 43.1 Å². The number of fused-ring (bicyclic) bond motifs is 2. The number of nitrogens with zero attached hydrogens (tertiary/aromatic N) is 2. The molecule has 0 bridgehead atoms. The number of benzene rings is 2. The molecule has 1 heterocycles. The molecule has 2 fully saturated rings. The van der Waals surface area contributed by atoms with Gasteiger partial charge in [-0.1, -0.05) is 43.2 Å². The normalized spacial score (nSPS) is 19.7. The fourth-order valence-corrected chi connectivity index (χ4v) is 8.43. The summed E-state index contributed by atoms with van der Waals surface area (Å²) < 4.78 is 32.7. The minimum absolute atomic E-state index is 0.0345. The number of rotatable bonds is 10. The number of thioether (sulfide) groups is 1. The van der Waals surface area contributed by atoms with Crippen LogP contribution >= 0.6 is 23.4 Å². The Morgan fingerprint density at radius 1 is 1.20 bits per heavy atom. The van der Waals surface area contributed by atoms with Crippen LogP contribution in [0.3, 0.4) is 0 Å². The van der Waals surface area contributed by atoms with Crippen molar-refractivity contribution < 1.29 is 23.3 Å². The molecular formula is C34H45ClN4O5S2. The second-order valence-electron chi connectivity index (χ2n) is 12.6. The average Bonchev–Trinajstić information content (AvgIpc) is 3.79. The van der Waals surface area contributed by atoms with Gasteiger partial charge in [-0.3, -0.25) is 9.52 Å². The number of aryl methyl sites for hydroxylation is 1. The third kappa shape index (κ3) is 9.65. The lowest BCUT2D eigenvalue weighted by Gasteiger charge is -2.30. The zero-order valence-corrected chi connectivity index (χ0v) is 29.2. The van der Waals surface area contributed by atoms with Crippen LogP contribution in [0.2, 0.25) is 5.02 Å². The van der Waals surface area contributed by atoms with E-state index in [1.165, 1.54) is 24.8 Å². The topological polar surface area (TPSA) is 109 Å². The summed E-state index contributed by atoms with van der Waals surface area (Å²) in [5.41, 5.74) is 3.30. The SMILES string of the molecule is CO[C@@H](/C=C/C[C@H](C)CS(=O)(=NC(=O)c1ccc2c(c1)N(C)Cc1ccc(Cl)cc1CCSCO2)NC(=O)NC1CC1)C1CCC1. The van der Waals surface area contributed by atoms with Gasteiger partial charge in [-0.25, -0.2) is 9.00 Å². The Hall–Kier alpha value is -2.73. The summed E-state index contributed by atoms with van der Waals surface area (Å²) in [4.78, 5) is 28.4. The van der Waals surface area contributed by atoms with Crippen molar-refractivity contribution in [2.45, 2.75) is 70.6 Å². The van der Waals surface area contributed by atoms with E-state index < -0.39 is 21.9 Å². The van der Waals surface area contributed by atoms with Crippen LogP contribution in [-0.4, -0.2) is 59.9 Å². The molecule has 1 unspecified atom stereocenters. The van der Waals surface area contributed by atoms with Gasteiger partial charge in [0.25, 0.3) is 5.91 Å². The molecular weight excluding hydrogens is 644 g/mol. The highest BCUT2D eigenvalue weighted by Crippen LogP contribution is 2.34. The van der Waals surface area contributed by atoms with Crippen molar-refractivity contribution in [2.75, 3.05) is 36.5 Å². The molecule has 0 aromatic heterocycles. The van der Waals surface area contributed by atoms with Crippen molar-refractivity contribution in [3.05, 3.63) is 70.3 Å². The van der Waals surface area contributed by atoms with Crippen molar-refractivity contribution in [3.63, 3.8) is 0 Å².